The molecule has 2 heterocycles. The van der Waals surface area contributed by atoms with Gasteiger partial charge in [0.2, 0.25) is 0 Å². The van der Waals surface area contributed by atoms with Crippen molar-refractivity contribution in [2.75, 3.05) is 19.6 Å². The second-order valence-electron chi connectivity index (χ2n) is 5.17. The highest BCUT2D eigenvalue weighted by Gasteiger charge is 2.36. The predicted molar refractivity (Wildman–Crippen MR) is 75.8 cm³/mol. The van der Waals surface area contributed by atoms with E-state index >= 15 is 0 Å². The topological polar surface area (TPSA) is 82.5 Å². The first-order valence-electron chi connectivity index (χ1n) is 6.64. The van der Waals surface area contributed by atoms with E-state index < -0.39 is 11.9 Å². The Kier molecular flexibility index (Phi) is 4.59. The number of aromatic nitrogens is 1. The van der Waals surface area contributed by atoms with Crippen LogP contribution in [0.3, 0.4) is 0 Å². The number of nitrogens with one attached hydrogen (secondary N) is 1. The van der Waals surface area contributed by atoms with Gasteiger partial charge in [0.1, 0.15) is 0 Å². The molecule has 110 valence electrons. The van der Waals surface area contributed by atoms with E-state index in [2.05, 4.69) is 10.3 Å². The maximum Gasteiger partial charge on any atom is 0.317 e. The summed E-state index contributed by atoms with van der Waals surface area (Å²) in [7, 11) is 0. The average molecular weight is 297 g/mol. The number of urea groups is 1. The Hall–Kier alpha value is -1.63. The Labute approximate surface area is 121 Å². The molecule has 0 saturated carbocycles. The van der Waals surface area contributed by atoms with Gasteiger partial charge in [-0.25, -0.2) is 9.78 Å². The molecule has 0 bridgehead atoms. The smallest absolute Gasteiger partial charge is 0.317 e. The van der Waals surface area contributed by atoms with E-state index in [1.54, 1.807) is 16.2 Å². The van der Waals surface area contributed by atoms with Crippen LogP contribution in [0, 0.1) is 18.8 Å². The van der Waals surface area contributed by atoms with E-state index in [1.807, 2.05) is 19.2 Å². The zero-order valence-corrected chi connectivity index (χ0v) is 12.4. The number of thiazole rings is 1. The Morgan fingerprint density at radius 3 is 2.85 bits per heavy atom. The molecule has 1 aliphatic heterocycles. The highest BCUT2D eigenvalue weighted by atomic mass is 32.1. The number of aliphatic carboxylic acids is 1. The third-order valence-electron chi connectivity index (χ3n) is 3.54. The maximum atomic E-state index is 12.0. The summed E-state index contributed by atoms with van der Waals surface area (Å²) in [6.45, 7) is 5.12. The number of likely N-dealkylation sites (tertiary alicyclic amines) is 1. The van der Waals surface area contributed by atoms with Crippen molar-refractivity contribution in [3.8, 4) is 0 Å². The van der Waals surface area contributed by atoms with Crippen LogP contribution in [0.25, 0.3) is 0 Å². The molecule has 2 atom stereocenters. The molecule has 1 aromatic heterocycles. The van der Waals surface area contributed by atoms with Crippen LogP contribution in [0.1, 0.15) is 17.6 Å². The number of carboxylic acid groups (broad SMARTS) is 1. The van der Waals surface area contributed by atoms with Crippen LogP contribution >= 0.6 is 11.3 Å². The molecule has 0 aromatic carbocycles. The molecule has 0 radical (unpaired) electrons. The van der Waals surface area contributed by atoms with Crippen LogP contribution in [-0.4, -0.2) is 46.6 Å². The first kappa shape index (κ1) is 14.8. The van der Waals surface area contributed by atoms with E-state index in [4.69, 9.17) is 5.11 Å². The molecule has 0 aliphatic carbocycles. The first-order valence-corrected chi connectivity index (χ1v) is 7.52. The van der Waals surface area contributed by atoms with Crippen molar-refractivity contribution in [2.45, 2.75) is 20.3 Å². The Morgan fingerprint density at radius 2 is 2.30 bits per heavy atom. The number of hydrogen-bond acceptors (Lipinski definition) is 4. The Morgan fingerprint density at radius 1 is 1.55 bits per heavy atom. The molecule has 2 amide bonds. The van der Waals surface area contributed by atoms with Gasteiger partial charge in [0.25, 0.3) is 0 Å². The fraction of sp³-hybridized carbons (Fsp3) is 0.615. The number of rotatable bonds is 4. The lowest BCUT2D eigenvalue weighted by Gasteiger charge is -2.16. The number of carboxylic acids is 1. The average Bonchev–Trinajstić information content (AvgIpc) is 2.95. The summed E-state index contributed by atoms with van der Waals surface area (Å²) in [5, 5.41) is 14.9. The summed E-state index contributed by atoms with van der Waals surface area (Å²) < 4.78 is 0. The SMILES string of the molecule is Cc1nc(CCNC(=O)N2CC(C)C(C(=O)O)C2)cs1. The second-order valence-corrected chi connectivity index (χ2v) is 6.23. The van der Waals surface area contributed by atoms with Gasteiger partial charge in [0.15, 0.2) is 0 Å². The summed E-state index contributed by atoms with van der Waals surface area (Å²) in [6.07, 6.45) is 0.696. The summed E-state index contributed by atoms with van der Waals surface area (Å²) in [6, 6.07) is -0.187. The van der Waals surface area contributed by atoms with E-state index in [-0.39, 0.29) is 18.5 Å². The number of aryl methyl sites for hydroxylation is 1. The standard InChI is InChI=1S/C13H19N3O3S/c1-8-5-16(6-11(8)12(17)18)13(19)14-4-3-10-7-20-9(2)15-10/h7-8,11H,3-6H2,1-2H3,(H,14,19)(H,17,18). The van der Waals surface area contributed by atoms with Crippen LogP contribution in [-0.2, 0) is 11.2 Å². The summed E-state index contributed by atoms with van der Waals surface area (Å²) in [4.78, 5) is 28.9. The van der Waals surface area contributed by atoms with Gasteiger partial charge in [-0.3, -0.25) is 4.79 Å². The summed E-state index contributed by atoms with van der Waals surface area (Å²) in [5.41, 5.74) is 0.978. The van der Waals surface area contributed by atoms with E-state index in [0.29, 0.717) is 19.5 Å². The van der Waals surface area contributed by atoms with Gasteiger partial charge in [-0.15, -0.1) is 11.3 Å². The van der Waals surface area contributed by atoms with Gasteiger partial charge in [0.05, 0.1) is 16.6 Å². The number of carbonyl (C=O) groups is 2. The fourth-order valence-corrected chi connectivity index (χ4v) is 3.03. The molecular formula is C13H19N3O3S. The molecule has 0 spiro atoms. The second kappa shape index (κ2) is 6.21. The van der Waals surface area contributed by atoms with Gasteiger partial charge in [-0.1, -0.05) is 6.92 Å². The van der Waals surface area contributed by atoms with Crippen molar-refractivity contribution in [1.29, 1.82) is 0 Å². The van der Waals surface area contributed by atoms with Crippen molar-refractivity contribution in [1.82, 2.24) is 15.2 Å². The van der Waals surface area contributed by atoms with Gasteiger partial charge >= 0.3 is 12.0 Å². The lowest BCUT2D eigenvalue weighted by atomic mass is 9.99. The van der Waals surface area contributed by atoms with Gasteiger partial charge in [-0.05, 0) is 12.8 Å². The highest BCUT2D eigenvalue weighted by molar-refractivity contribution is 7.09. The quantitative estimate of drug-likeness (QED) is 0.879. The van der Waals surface area contributed by atoms with Crippen LogP contribution < -0.4 is 5.32 Å². The summed E-state index contributed by atoms with van der Waals surface area (Å²) >= 11 is 1.59. The molecule has 1 fully saturated rings. The van der Waals surface area contributed by atoms with Crippen LogP contribution in [0.5, 0.6) is 0 Å². The molecule has 7 heteroatoms. The molecular weight excluding hydrogens is 278 g/mol. The van der Waals surface area contributed by atoms with Crippen molar-refractivity contribution in [2.24, 2.45) is 11.8 Å². The van der Waals surface area contributed by atoms with Crippen molar-refractivity contribution >= 4 is 23.3 Å². The lowest BCUT2D eigenvalue weighted by Crippen LogP contribution is -2.39. The van der Waals surface area contributed by atoms with E-state index in [9.17, 15) is 9.59 Å². The van der Waals surface area contributed by atoms with Gasteiger partial charge in [-0.2, -0.15) is 0 Å². The van der Waals surface area contributed by atoms with Gasteiger partial charge < -0.3 is 15.3 Å². The monoisotopic (exact) mass is 297 g/mol. The minimum Gasteiger partial charge on any atom is -0.481 e. The molecule has 1 aliphatic rings. The fourth-order valence-electron chi connectivity index (χ4n) is 2.39. The molecule has 6 nitrogen and oxygen atoms in total. The van der Waals surface area contributed by atoms with Crippen molar-refractivity contribution in [3.05, 3.63) is 16.1 Å². The van der Waals surface area contributed by atoms with E-state index in [0.717, 1.165) is 10.7 Å². The number of amides is 2. The van der Waals surface area contributed by atoms with Gasteiger partial charge in [0, 0.05) is 31.4 Å². The zero-order valence-electron chi connectivity index (χ0n) is 11.6. The third kappa shape index (κ3) is 3.47. The van der Waals surface area contributed by atoms with Crippen molar-refractivity contribution in [3.63, 3.8) is 0 Å². The normalized spacial score (nSPS) is 22.0. The molecule has 1 aromatic rings. The van der Waals surface area contributed by atoms with Crippen LogP contribution in [0.4, 0.5) is 4.79 Å². The molecule has 1 saturated heterocycles. The molecule has 2 N–H and O–H groups in total. The molecule has 2 rings (SSSR count). The zero-order chi connectivity index (χ0) is 14.7. The minimum absolute atomic E-state index is 0.000519. The molecule has 20 heavy (non-hydrogen) atoms. The first-order chi connectivity index (χ1) is 9.47. The highest BCUT2D eigenvalue weighted by Crippen LogP contribution is 2.22. The lowest BCUT2D eigenvalue weighted by molar-refractivity contribution is -0.142. The molecule has 2 unspecified atom stereocenters. The third-order valence-corrected chi connectivity index (χ3v) is 4.36. The number of carbonyl (C=O) groups excluding carboxylic acids is 1. The predicted octanol–water partition coefficient (Wildman–Crippen LogP) is 1.36. The number of nitrogens with zero attached hydrogens (tertiary/aromatic N) is 2. The van der Waals surface area contributed by atoms with Crippen molar-refractivity contribution < 1.29 is 14.7 Å². The van der Waals surface area contributed by atoms with Crippen LogP contribution in [0.2, 0.25) is 0 Å². The number of hydrogen-bond donors (Lipinski definition) is 2. The minimum atomic E-state index is -0.828. The largest absolute Gasteiger partial charge is 0.481 e. The summed E-state index contributed by atoms with van der Waals surface area (Å²) in [5.74, 6) is -1.29. The van der Waals surface area contributed by atoms with E-state index in [1.165, 1.54) is 0 Å². The van der Waals surface area contributed by atoms with Crippen LogP contribution in [0.15, 0.2) is 5.38 Å². The maximum absolute atomic E-state index is 12.0. The Bertz CT molecular complexity index is 503. The Balaban J connectivity index is 1.77.